The molecular formula is C19H19N3O2S. The number of nitrogens with zero attached hydrogens (tertiary/aromatic N) is 3. The van der Waals surface area contributed by atoms with Gasteiger partial charge in [-0.2, -0.15) is 0 Å². The summed E-state index contributed by atoms with van der Waals surface area (Å²) in [5, 5.41) is 10.4. The van der Waals surface area contributed by atoms with Crippen molar-refractivity contribution in [2.45, 2.75) is 25.7 Å². The summed E-state index contributed by atoms with van der Waals surface area (Å²) in [4.78, 5) is 15.2. The molecule has 0 aliphatic carbocycles. The topological polar surface area (TPSA) is 59.2 Å². The summed E-state index contributed by atoms with van der Waals surface area (Å²) in [5.41, 5.74) is 2.12. The van der Waals surface area contributed by atoms with E-state index in [4.69, 9.17) is 4.42 Å². The summed E-state index contributed by atoms with van der Waals surface area (Å²) in [6.07, 6.45) is 1.91. The second-order valence-electron chi connectivity index (χ2n) is 6.38. The molecule has 2 aromatic heterocycles. The van der Waals surface area contributed by atoms with Crippen molar-refractivity contribution in [3.63, 3.8) is 0 Å². The lowest BCUT2D eigenvalue weighted by Crippen LogP contribution is -2.38. The smallest absolute Gasteiger partial charge is 0.263 e. The normalized spacial score (nSPS) is 17.6. The Morgan fingerprint density at radius 3 is 2.84 bits per heavy atom. The summed E-state index contributed by atoms with van der Waals surface area (Å²) >= 11 is 1.48. The van der Waals surface area contributed by atoms with Crippen LogP contribution in [0.1, 0.15) is 39.9 Å². The quantitative estimate of drug-likeness (QED) is 0.710. The van der Waals surface area contributed by atoms with Crippen molar-refractivity contribution in [2.24, 2.45) is 0 Å². The van der Waals surface area contributed by atoms with Crippen LogP contribution in [0.2, 0.25) is 0 Å². The monoisotopic (exact) mass is 353 g/mol. The Hall–Kier alpha value is -2.47. The molecule has 1 amide bonds. The van der Waals surface area contributed by atoms with Crippen molar-refractivity contribution in [3.8, 4) is 11.5 Å². The Labute approximate surface area is 150 Å². The molecule has 1 atom stereocenters. The third kappa shape index (κ3) is 3.35. The van der Waals surface area contributed by atoms with Gasteiger partial charge in [-0.1, -0.05) is 23.8 Å². The molecule has 5 nitrogen and oxygen atoms in total. The zero-order valence-corrected chi connectivity index (χ0v) is 14.8. The van der Waals surface area contributed by atoms with E-state index >= 15 is 0 Å². The van der Waals surface area contributed by atoms with Gasteiger partial charge in [0.25, 0.3) is 5.91 Å². The fourth-order valence-electron chi connectivity index (χ4n) is 3.13. The maximum atomic E-state index is 12.6. The molecule has 0 radical (unpaired) electrons. The summed E-state index contributed by atoms with van der Waals surface area (Å²) in [6, 6.07) is 11.8. The molecule has 128 valence electrons. The third-order valence-corrected chi connectivity index (χ3v) is 5.39. The summed E-state index contributed by atoms with van der Waals surface area (Å²) in [7, 11) is 0. The average molecular weight is 353 g/mol. The van der Waals surface area contributed by atoms with Crippen LogP contribution in [-0.4, -0.2) is 34.1 Å². The van der Waals surface area contributed by atoms with Crippen LogP contribution in [-0.2, 0) is 0 Å². The highest BCUT2D eigenvalue weighted by Crippen LogP contribution is 2.29. The van der Waals surface area contributed by atoms with Gasteiger partial charge in [0.15, 0.2) is 0 Å². The summed E-state index contributed by atoms with van der Waals surface area (Å²) in [6.45, 7) is 3.46. The Morgan fingerprint density at radius 2 is 2.08 bits per heavy atom. The van der Waals surface area contributed by atoms with Gasteiger partial charge in [-0.25, -0.2) is 0 Å². The number of benzene rings is 1. The van der Waals surface area contributed by atoms with Crippen LogP contribution >= 0.6 is 11.3 Å². The highest BCUT2D eigenvalue weighted by molar-refractivity contribution is 7.12. The predicted molar refractivity (Wildman–Crippen MR) is 96.7 cm³/mol. The van der Waals surface area contributed by atoms with Crippen LogP contribution in [0.25, 0.3) is 11.5 Å². The van der Waals surface area contributed by atoms with E-state index in [0.29, 0.717) is 18.3 Å². The summed E-state index contributed by atoms with van der Waals surface area (Å²) < 4.78 is 5.91. The Bertz CT molecular complexity index is 855. The minimum atomic E-state index is 0.0953. The van der Waals surface area contributed by atoms with Gasteiger partial charge in [0.1, 0.15) is 0 Å². The maximum absolute atomic E-state index is 12.6. The molecule has 0 spiro atoms. The van der Waals surface area contributed by atoms with Gasteiger partial charge in [0, 0.05) is 18.7 Å². The number of aromatic nitrogens is 2. The zero-order valence-electron chi connectivity index (χ0n) is 14.0. The SMILES string of the molecule is Cc1ccc(-c2nnc([C@@H]3CCCN(C(=O)c4cccs4)C3)o2)cc1. The number of hydrogen-bond acceptors (Lipinski definition) is 5. The van der Waals surface area contributed by atoms with Crippen molar-refractivity contribution < 1.29 is 9.21 Å². The summed E-state index contributed by atoms with van der Waals surface area (Å²) in [5.74, 6) is 1.36. The molecule has 0 N–H and O–H groups in total. The van der Waals surface area contributed by atoms with E-state index in [2.05, 4.69) is 10.2 Å². The van der Waals surface area contributed by atoms with Crippen LogP contribution in [0.4, 0.5) is 0 Å². The molecule has 1 fully saturated rings. The van der Waals surface area contributed by atoms with Gasteiger partial charge >= 0.3 is 0 Å². The second-order valence-corrected chi connectivity index (χ2v) is 7.33. The molecular weight excluding hydrogens is 334 g/mol. The molecule has 6 heteroatoms. The van der Waals surface area contributed by atoms with E-state index in [0.717, 1.165) is 29.8 Å². The lowest BCUT2D eigenvalue weighted by atomic mass is 9.98. The molecule has 3 aromatic rings. The largest absolute Gasteiger partial charge is 0.420 e. The minimum Gasteiger partial charge on any atom is -0.420 e. The first-order valence-corrected chi connectivity index (χ1v) is 9.32. The molecule has 3 heterocycles. The molecule has 0 bridgehead atoms. The van der Waals surface area contributed by atoms with Crippen LogP contribution in [0.5, 0.6) is 0 Å². The predicted octanol–water partition coefficient (Wildman–Crippen LogP) is 4.13. The van der Waals surface area contributed by atoms with E-state index in [9.17, 15) is 4.79 Å². The number of piperidine rings is 1. The number of amides is 1. The molecule has 25 heavy (non-hydrogen) atoms. The zero-order chi connectivity index (χ0) is 17.2. The minimum absolute atomic E-state index is 0.0953. The number of carbonyl (C=O) groups is 1. The second kappa shape index (κ2) is 6.80. The van der Waals surface area contributed by atoms with Crippen molar-refractivity contribution in [3.05, 3.63) is 58.1 Å². The van der Waals surface area contributed by atoms with Crippen LogP contribution in [0.3, 0.4) is 0 Å². The van der Waals surface area contributed by atoms with Crippen LogP contribution < -0.4 is 0 Å². The van der Waals surface area contributed by atoms with E-state index in [-0.39, 0.29) is 11.8 Å². The van der Waals surface area contributed by atoms with E-state index in [1.165, 1.54) is 16.9 Å². The lowest BCUT2D eigenvalue weighted by Gasteiger charge is -2.30. The molecule has 0 unspecified atom stereocenters. The van der Waals surface area contributed by atoms with E-state index in [1.807, 2.05) is 53.6 Å². The van der Waals surface area contributed by atoms with E-state index in [1.54, 1.807) is 0 Å². The number of thiophene rings is 1. The molecule has 1 aromatic carbocycles. The van der Waals surface area contributed by atoms with Crippen LogP contribution in [0.15, 0.2) is 46.2 Å². The van der Waals surface area contributed by atoms with Gasteiger partial charge in [0.05, 0.1) is 10.8 Å². The van der Waals surface area contributed by atoms with Gasteiger partial charge in [-0.05, 0) is 43.3 Å². The van der Waals surface area contributed by atoms with Crippen molar-refractivity contribution in [1.29, 1.82) is 0 Å². The van der Waals surface area contributed by atoms with Crippen LogP contribution in [0, 0.1) is 6.92 Å². The standard InChI is InChI=1S/C19H19N3O2S/c1-13-6-8-14(9-7-13)17-20-21-18(24-17)15-4-2-10-22(12-15)19(23)16-5-3-11-25-16/h3,5-9,11,15H,2,4,10,12H2,1H3/t15-/m1/s1. The Kier molecular flexibility index (Phi) is 4.36. The van der Waals surface area contributed by atoms with Gasteiger partial charge in [-0.3, -0.25) is 4.79 Å². The Balaban J connectivity index is 1.50. The molecule has 1 saturated heterocycles. The van der Waals surface area contributed by atoms with Gasteiger partial charge in [0.2, 0.25) is 11.8 Å². The van der Waals surface area contributed by atoms with Gasteiger partial charge < -0.3 is 9.32 Å². The van der Waals surface area contributed by atoms with Crippen molar-refractivity contribution in [1.82, 2.24) is 15.1 Å². The number of aryl methyl sites for hydroxylation is 1. The number of hydrogen-bond donors (Lipinski definition) is 0. The highest BCUT2D eigenvalue weighted by atomic mass is 32.1. The first-order chi connectivity index (χ1) is 12.2. The third-order valence-electron chi connectivity index (χ3n) is 4.53. The molecule has 0 saturated carbocycles. The maximum Gasteiger partial charge on any atom is 0.263 e. The van der Waals surface area contributed by atoms with Crippen molar-refractivity contribution >= 4 is 17.2 Å². The fourth-order valence-corrected chi connectivity index (χ4v) is 3.82. The highest BCUT2D eigenvalue weighted by Gasteiger charge is 2.29. The molecule has 4 rings (SSSR count). The first kappa shape index (κ1) is 16.0. The number of likely N-dealkylation sites (tertiary alicyclic amines) is 1. The lowest BCUT2D eigenvalue weighted by molar-refractivity contribution is 0.0703. The first-order valence-electron chi connectivity index (χ1n) is 8.44. The fraction of sp³-hybridized carbons (Fsp3) is 0.316. The number of rotatable bonds is 3. The Morgan fingerprint density at radius 1 is 1.24 bits per heavy atom. The molecule has 1 aliphatic rings. The molecule has 1 aliphatic heterocycles. The van der Waals surface area contributed by atoms with E-state index < -0.39 is 0 Å². The average Bonchev–Trinajstić information content (AvgIpc) is 3.34. The van der Waals surface area contributed by atoms with Gasteiger partial charge in [-0.15, -0.1) is 21.5 Å². The van der Waals surface area contributed by atoms with Crippen molar-refractivity contribution in [2.75, 3.05) is 13.1 Å². The number of carbonyl (C=O) groups excluding carboxylic acids is 1.